The van der Waals surface area contributed by atoms with Gasteiger partial charge in [-0.3, -0.25) is 0 Å². The molecule has 2 N–H and O–H groups in total. The summed E-state index contributed by atoms with van der Waals surface area (Å²) in [7, 11) is 0. The molecule has 0 aliphatic heterocycles. The highest BCUT2D eigenvalue weighted by Gasteiger charge is 2.16. The molecule has 0 spiro atoms. The van der Waals surface area contributed by atoms with E-state index >= 15 is 0 Å². The summed E-state index contributed by atoms with van der Waals surface area (Å²) in [6.45, 7) is 9.84. The molecule has 0 bridgehead atoms. The Labute approximate surface area is 121 Å². The van der Waals surface area contributed by atoms with Crippen LogP contribution < -0.4 is 0 Å². The van der Waals surface area contributed by atoms with Gasteiger partial charge in [0.25, 0.3) is 0 Å². The normalized spacial score (nSPS) is 10.3. The van der Waals surface area contributed by atoms with Crippen LogP contribution in [0, 0.1) is 0 Å². The van der Waals surface area contributed by atoms with Crippen molar-refractivity contribution in [1.29, 1.82) is 0 Å². The Morgan fingerprint density at radius 2 is 1.45 bits per heavy atom. The summed E-state index contributed by atoms with van der Waals surface area (Å²) in [5.74, 6) is 0.681. The number of rotatable bonds is 1. The summed E-state index contributed by atoms with van der Waals surface area (Å²) in [4.78, 5) is 0. The van der Waals surface area contributed by atoms with E-state index in [-0.39, 0.29) is 5.41 Å². The Morgan fingerprint density at radius 3 is 1.85 bits per heavy atom. The van der Waals surface area contributed by atoms with Crippen LogP contribution in [0.4, 0.5) is 0 Å². The monoisotopic (exact) mass is 270 g/mol. The Hall–Kier alpha value is -2.22. The minimum atomic E-state index is 0.0331. The summed E-state index contributed by atoms with van der Waals surface area (Å²) < 4.78 is 0. The van der Waals surface area contributed by atoms with Gasteiger partial charge in [-0.05, 0) is 34.7 Å². The fraction of sp³-hybridized carbons (Fsp3) is 0.222. The van der Waals surface area contributed by atoms with Crippen molar-refractivity contribution in [1.82, 2.24) is 0 Å². The lowest BCUT2D eigenvalue weighted by molar-refractivity contribution is 0.447. The van der Waals surface area contributed by atoms with Gasteiger partial charge in [0.1, 0.15) is 11.5 Å². The standard InChI is InChI=1S/C10H14O.C8H8O/c1-10(2,3)8-6-4-5-7-9(8)11;1-2-7-3-5-8(9)6-4-7/h4-7,11H,1-3H3;2-6,9H,1H2. The van der Waals surface area contributed by atoms with E-state index in [1.165, 1.54) is 0 Å². The maximum Gasteiger partial charge on any atom is 0.119 e. The van der Waals surface area contributed by atoms with Crippen molar-refractivity contribution < 1.29 is 10.2 Å². The molecule has 2 heteroatoms. The maximum atomic E-state index is 9.45. The second-order valence-corrected chi connectivity index (χ2v) is 5.56. The Bertz CT molecular complexity index is 548. The number of benzene rings is 2. The molecule has 2 aromatic rings. The topological polar surface area (TPSA) is 40.5 Å². The van der Waals surface area contributed by atoms with Gasteiger partial charge in [-0.1, -0.05) is 63.8 Å². The summed E-state index contributed by atoms with van der Waals surface area (Å²) >= 11 is 0. The number of para-hydroxylation sites is 1. The molecule has 0 atom stereocenters. The number of aromatic hydroxyl groups is 2. The van der Waals surface area contributed by atoms with Gasteiger partial charge in [-0.15, -0.1) is 0 Å². The maximum absolute atomic E-state index is 9.45. The fourth-order valence-electron chi connectivity index (χ4n) is 1.72. The first kappa shape index (κ1) is 15.8. The van der Waals surface area contributed by atoms with Crippen LogP contribution in [0.2, 0.25) is 0 Å². The molecule has 0 aliphatic rings. The molecule has 0 amide bonds. The molecule has 0 heterocycles. The van der Waals surface area contributed by atoms with Crippen LogP contribution >= 0.6 is 0 Å². The van der Waals surface area contributed by atoms with Gasteiger partial charge in [-0.2, -0.15) is 0 Å². The number of phenolic OH excluding ortho intramolecular Hbond substituents is 2. The number of phenols is 2. The van der Waals surface area contributed by atoms with Gasteiger partial charge < -0.3 is 10.2 Å². The summed E-state index contributed by atoms with van der Waals surface area (Å²) in [6.07, 6.45) is 1.74. The van der Waals surface area contributed by atoms with Gasteiger partial charge >= 0.3 is 0 Å². The van der Waals surface area contributed by atoms with Gasteiger partial charge in [0, 0.05) is 0 Å². The summed E-state index contributed by atoms with van der Waals surface area (Å²) in [5, 5.41) is 18.3. The molecule has 2 nitrogen and oxygen atoms in total. The molecule has 106 valence electrons. The molecule has 2 aromatic carbocycles. The van der Waals surface area contributed by atoms with Crippen LogP contribution in [0.5, 0.6) is 11.5 Å². The first-order valence-electron chi connectivity index (χ1n) is 6.54. The Balaban J connectivity index is 0.000000204. The molecule has 0 saturated heterocycles. The van der Waals surface area contributed by atoms with Crippen LogP contribution in [0.1, 0.15) is 31.9 Å². The lowest BCUT2D eigenvalue weighted by Gasteiger charge is -2.19. The van der Waals surface area contributed by atoms with Crippen LogP contribution in [0.15, 0.2) is 55.1 Å². The zero-order valence-corrected chi connectivity index (χ0v) is 12.3. The molecule has 2 rings (SSSR count). The van der Waals surface area contributed by atoms with Crippen LogP contribution in [0.3, 0.4) is 0 Å². The average Bonchev–Trinajstić information content (AvgIpc) is 2.39. The minimum absolute atomic E-state index is 0.0331. The molecule has 20 heavy (non-hydrogen) atoms. The molecule has 0 saturated carbocycles. The third kappa shape index (κ3) is 4.81. The van der Waals surface area contributed by atoms with Crippen LogP contribution in [-0.4, -0.2) is 10.2 Å². The first-order chi connectivity index (χ1) is 9.34. The van der Waals surface area contributed by atoms with Gasteiger partial charge in [-0.25, -0.2) is 0 Å². The molecule has 0 radical (unpaired) electrons. The smallest absolute Gasteiger partial charge is 0.119 e. The second kappa shape index (κ2) is 6.80. The van der Waals surface area contributed by atoms with E-state index in [0.29, 0.717) is 11.5 Å². The molecular weight excluding hydrogens is 248 g/mol. The highest BCUT2D eigenvalue weighted by atomic mass is 16.3. The zero-order valence-electron chi connectivity index (χ0n) is 12.3. The van der Waals surface area contributed by atoms with Crippen molar-refractivity contribution in [2.24, 2.45) is 0 Å². The minimum Gasteiger partial charge on any atom is -0.508 e. The van der Waals surface area contributed by atoms with Crippen molar-refractivity contribution in [3.8, 4) is 11.5 Å². The molecule has 0 unspecified atom stereocenters. The number of hydrogen-bond donors (Lipinski definition) is 2. The number of hydrogen-bond acceptors (Lipinski definition) is 2. The lowest BCUT2D eigenvalue weighted by atomic mass is 9.86. The van der Waals surface area contributed by atoms with Crippen molar-refractivity contribution in [3.05, 3.63) is 66.2 Å². The molecular formula is C18H22O2. The SMILES string of the molecule is C=Cc1ccc(O)cc1.CC(C)(C)c1ccccc1O. The van der Waals surface area contributed by atoms with E-state index in [4.69, 9.17) is 5.11 Å². The van der Waals surface area contributed by atoms with Gasteiger partial charge in [0.15, 0.2) is 0 Å². The van der Waals surface area contributed by atoms with Crippen LogP contribution in [0.25, 0.3) is 6.08 Å². The Morgan fingerprint density at radius 1 is 0.900 bits per heavy atom. The van der Waals surface area contributed by atoms with Crippen molar-refractivity contribution in [2.75, 3.05) is 0 Å². The highest BCUT2D eigenvalue weighted by Crippen LogP contribution is 2.29. The lowest BCUT2D eigenvalue weighted by Crippen LogP contribution is -2.10. The third-order valence-electron chi connectivity index (χ3n) is 2.84. The molecule has 0 fully saturated rings. The fourth-order valence-corrected chi connectivity index (χ4v) is 1.72. The second-order valence-electron chi connectivity index (χ2n) is 5.56. The predicted octanol–water partition coefficient (Wildman–Crippen LogP) is 4.72. The largest absolute Gasteiger partial charge is 0.508 e. The van der Waals surface area contributed by atoms with E-state index in [0.717, 1.165) is 11.1 Å². The zero-order chi connectivity index (χ0) is 15.2. The average molecular weight is 270 g/mol. The summed E-state index contributed by atoms with van der Waals surface area (Å²) in [6, 6.07) is 14.3. The van der Waals surface area contributed by atoms with Gasteiger partial charge in [0.2, 0.25) is 0 Å². The quantitative estimate of drug-likeness (QED) is 0.786. The summed E-state index contributed by atoms with van der Waals surface area (Å²) in [5.41, 5.74) is 2.05. The van der Waals surface area contributed by atoms with Gasteiger partial charge in [0.05, 0.1) is 0 Å². The van der Waals surface area contributed by atoms with E-state index in [1.807, 2.05) is 30.3 Å². The Kier molecular flexibility index (Phi) is 5.39. The van der Waals surface area contributed by atoms with E-state index in [2.05, 4.69) is 27.4 Å². The van der Waals surface area contributed by atoms with E-state index in [9.17, 15) is 5.11 Å². The van der Waals surface area contributed by atoms with Crippen LogP contribution in [-0.2, 0) is 5.41 Å². The first-order valence-corrected chi connectivity index (χ1v) is 6.54. The van der Waals surface area contributed by atoms with E-state index < -0.39 is 0 Å². The van der Waals surface area contributed by atoms with Crippen molar-refractivity contribution in [2.45, 2.75) is 26.2 Å². The van der Waals surface area contributed by atoms with Crippen molar-refractivity contribution >= 4 is 6.08 Å². The predicted molar refractivity (Wildman–Crippen MR) is 85.0 cm³/mol. The molecule has 0 aliphatic carbocycles. The highest BCUT2D eigenvalue weighted by molar-refractivity contribution is 5.47. The third-order valence-corrected chi connectivity index (χ3v) is 2.84. The van der Waals surface area contributed by atoms with Crippen molar-refractivity contribution in [3.63, 3.8) is 0 Å². The molecule has 0 aromatic heterocycles. The van der Waals surface area contributed by atoms with E-state index in [1.54, 1.807) is 24.3 Å².